The smallest absolute Gasteiger partial charge is 0.190 e. The SMILES string of the molecule is CCCCCCCCCCCCC(O)CN(CCC(=O)SCCSC(=O)CCN(CC(O)CCCCCCCCCCCC)CC(O)CCCCCCCCCCCC)CC(O)CCCCCCCCCCCC. The van der Waals surface area contributed by atoms with E-state index < -0.39 is 24.4 Å². The van der Waals surface area contributed by atoms with Gasteiger partial charge < -0.3 is 20.4 Å². The van der Waals surface area contributed by atoms with E-state index in [-0.39, 0.29) is 10.2 Å². The van der Waals surface area contributed by atoms with Crippen LogP contribution in [0.4, 0.5) is 0 Å². The Morgan fingerprint density at radius 3 is 0.662 bits per heavy atom. The first-order valence-electron chi connectivity index (χ1n) is 32.6. The van der Waals surface area contributed by atoms with Crippen molar-refractivity contribution >= 4 is 33.8 Å². The van der Waals surface area contributed by atoms with Crippen LogP contribution in [0.2, 0.25) is 0 Å². The highest BCUT2D eigenvalue weighted by Crippen LogP contribution is 2.19. The minimum absolute atomic E-state index is 0.0929. The summed E-state index contributed by atoms with van der Waals surface area (Å²) in [7, 11) is 0. The number of thioether (sulfide) groups is 2. The maximum Gasteiger partial charge on any atom is 0.190 e. The van der Waals surface area contributed by atoms with Crippen molar-refractivity contribution in [2.75, 3.05) is 50.8 Å². The molecule has 4 N–H and O–H groups in total. The molecule has 0 bridgehead atoms. The minimum atomic E-state index is -0.463. The Balaban J connectivity index is 4.96. The molecule has 0 aliphatic rings. The van der Waals surface area contributed by atoms with Crippen molar-refractivity contribution in [3.05, 3.63) is 0 Å². The van der Waals surface area contributed by atoms with Crippen molar-refractivity contribution in [2.45, 2.75) is 347 Å². The molecule has 0 aliphatic heterocycles. The minimum Gasteiger partial charge on any atom is -0.392 e. The standard InChI is InChI=1S/C64H128N2O6S2/c1-5-9-13-17-21-25-29-33-37-41-45-59(67)55-65(56-60(68)46-42-38-34-30-26-22-18-14-10-6-2)51-49-63(71)73-53-54-74-64(72)50-52-66(57-61(69)47-43-39-35-31-27-23-19-15-11-7-3)58-62(70)48-44-40-36-32-28-24-20-16-12-8-4/h59-62,67-70H,5-58H2,1-4H3. The molecule has 4 atom stereocenters. The summed E-state index contributed by atoms with van der Waals surface area (Å²) in [6.45, 7) is 12.0. The fourth-order valence-electron chi connectivity index (χ4n) is 10.5. The lowest BCUT2D eigenvalue weighted by Gasteiger charge is -2.27. The van der Waals surface area contributed by atoms with Crippen LogP contribution in [0.5, 0.6) is 0 Å². The highest BCUT2D eigenvalue weighted by molar-refractivity contribution is 8.16. The average Bonchev–Trinajstić information content (AvgIpc) is 3.38. The molecule has 442 valence electrons. The normalized spacial score (nSPS) is 13.6. The van der Waals surface area contributed by atoms with Crippen molar-refractivity contribution in [3.63, 3.8) is 0 Å². The summed E-state index contributed by atoms with van der Waals surface area (Å²) in [6, 6.07) is 0. The average molecular weight is 1090 g/mol. The van der Waals surface area contributed by atoms with E-state index in [0.29, 0.717) is 63.6 Å². The van der Waals surface area contributed by atoms with Gasteiger partial charge >= 0.3 is 0 Å². The lowest BCUT2D eigenvalue weighted by atomic mass is 10.0. The van der Waals surface area contributed by atoms with Gasteiger partial charge in [-0.1, -0.05) is 308 Å². The molecular formula is C64H128N2O6S2. The number of aliphatic hydroxyl groups is 4. The number of carbonyl (C=O) groups excluding carboxylic acids is 2. The molecule has 0 fully saturated rings. The topological polar surface area (TPSA) is 122 Å². The van der Waals surface area contributed by atoms with Crippen LogP contribution in [-0.2, 0) is 9.59 Å². The quantitative estimate of drug-likeness (QED) is 0.0438. The summed E-state index contributed by atoms with van der Waals surface area (Å²) in [6.07, 6.45) is 52.5. The second kappa shape index (κ2) is 58.9. The van der Waals surface area contributed by atoms with E-state index in [9.17, 15) is 30.0 Å². The highest BCUT2D eigenvalue weighted by atomic mass is 32.2. The van der Waals surface area contributed by atoms with Gasteiger partial charge in [-0.25, -0.2) is 0 Å². The van der Waals surface area contributed by atoms with E-state index in [4.69, 9.17) is 0 Å². The van der Waals surface area contributed by atoms with E-state index in [1.807, 2.05) is 0 Å². The fourth-order valence-corrected chi connectivity index (χ4v) is 12.1. The lowest BCUT2D eigenvalue weighted by molar-refractivity contribution is -0.112. The van der Waals surface area contributed by atoms with Crippen molar-refractivity contribution < 1.29 is 30.0 Å². The molecule has 4 unspecified atom stereocenters. The van der Waals surface area contributed by atoms with Crippen LogP contribution < -0.4 is 0 Å². The van der Waals surface area contributed by atoms with Crippen LogP contribution in [0.15, 0.2) is 0 Å². The van der Waals surface area contributed by atoms with Gasteiger partial charge in [-0.15, -0.1) is 0 Å². The zero-order valence-electron chi connectivity index (χ0n) is 49.8. The summed E-state index contributed by atoms with van der Waals surface area (Å²) in [5.41, 5.74) is 0. The Kier molecular flexibility index (Phi) is 58.8. The van der Waals surface area contributed by atoms with E-state index in [1.165, 1.54) is 229 Å². The third-order valence-electron chi connectivity index (χ3n) is 15.3. The van der Waals surface area contributed by atoms with Crippen LogP contribution in [0, 0.1) is 0 Å². The molecule has 0 saturated carbocycles. The molecule has 74 heavy (non-hydrogen) atoms. The van der Waals surface area contributed by atoms with Gasteiger partial charge in [0.1, 0.15) is 0 Å². The van der Waals surface area contributed by atoms with Gasteiger partial charge in [-0.2, -0.15) is 0 Å². The van der Waals surface area contributed by atoms with Gasteiger partial charge in [0.15, 0.2) is 10.2 Å². The van der Waals surface area contributed by atoms with Crippen LogP contribution >= 0.6 is 23.5 Å². The maximum absolute atomic E-state index is 13.2. The number of aliphatic hydroxyl groups excluding tert-OH is 4. The van der Waals surface area contributed by atoms with Crippen LogP contribution in [0.25, 0.3) is 0 Å². The predicted molar refractivity (Wildman–Crippen MR) is 327 cm³/mol. The second-order valence-electron chi connectivity index (χ2n) is 23.0. The van der Waals surface area contributed by atoms with Crippen LogP contribution in [-0.4, -0.2) is 116 Å². The molecule has 0 saturated heterocycles. The van der Waals surface area contributed by atoms with Gasteiger partial charge in [0, 0.05) is 63.6 Å². The molecular weight excluding hydrogens is 957 g/mol. The van der Waals surface area contributed by atoms with Gasteiger partial charge in [-0.3, -0.25) is 19.4 Å². The monoisotopic (exact) mass is 1080 g/mol. The number of unbranched alkanes of at least 4 members (excludes halogenated alkanes) is 36. The van der Waals surface area contributed by atoms with E-state index in [0.717, 1.165) is 77.0 Å². The van der Waals surface area contributed by atoms with Gasteiger partial charge in [0.05, 0.1) is 24.4 Å². The molecule has 0 amide bonds. The molecule has 0 aromatic carbocycles. The van der Waals surface area contributed by atoms with E-state index in [2.05, 4.69) is 37.5 Å². The van der Waals surface area contributed by atoms with Crippen LogP contribution in [0.1, 0.15) is 323 Å². The Labute approximate surface area is 469 Å². The van der Waals surface area contributed by atoms with Crippen LogP contribution in [0.3, 0.4) is 0 Å². The molecule has 8 nitrogen and oxygen atoms in total. The highest BCUT2D eigenvalue weighted by Gasteiger charge is 2.20. The maximum atomic E-state index is 13.2. The molecule has 0 rings (SSSR count). The first-order chi connectivity index (χ1) is 36.1. The molecule has 0 radical (unpaired) electrons. The first kappa shape index (κ1) is 73.8. The van der Waals surface area contributed by atoms with Gasteiger partial charge in [0.25, 0.3) is 0 Å². The summed E-state index contributed by atoms with van der Waals surface area (Å²) < 4.78 is 0. The largest absolute Gasteiger partial charge is 0.392 e. The molecule has 0 aliphatic carbocycles. The number of hydrogen-bond donors (Lipinski definition) is 4. The van der Waals surface area contributed by atoms with Crippen molar-refractivity contribution in [2.24, 2.45) is 0 Å². The summed E-state index contributed by atoms with van der Waals surface area (Å²) >= 11 is 2.58. The van der Waals surface area contributed by atoms with Gasteiger partial charge in [0.2, 0.25) is 0 Å². The lowest BCUT2D eigenvalue weighted by Crippen LogP contribution is -2.39. The van der Waals surface area contributed by atoms with Crippen molar-refractivity contribution in [1.82, 2.24) is 9.80 Å². The molecule has 0 spiro atoms. The first-order valence-corrected chi connectivity index (χ1v) is 34.6. The molecule has 0 aromatic heterocycles. The molecule has 0 aromatic rings. The third-order valence-corrected chi connectivity index (χ3v) is 17.4. The third kappa shape index (κ3) is 55.1. The number of nitrogens with zero attached hydrogens (tertiary/aromatic N) is 2. The summed E-state index contributed by atoms with van der Waals surface area (Å²) in [5.74, 6) is 1.13. The Morgan fingerprint density at radius 2 is 0.473 bits per heavy atom. The fraction of sp³-hybridized carbons (Fsp3) is 0.969. The zero-order valence-corrected chi connectivity index (χ0v) is 51.4. The van der Waals surface area contributed by atoms with Gasteiger partial charge in [-0.05, 0) is 25.7 Å². The van der Waals surface area contributed by atoms with Crippen molar-refractivity contribution in [3.8, 4) is 0 Å². The zero-order chi connectivity index (χ0) is 54.2. The molecule has 10 heteroatoms. The second-order valence-corrected chi connectivity index (χ2v) is 25.3. The predicted octanol–water partition coefficient (Wildman–Crippen LogP) is 17.6. The summed E-state index contributed by atoms with van der Waals surface area (Å²) in [4.78, 5) is 30.6. The summed E-state index contributed by atoms with van der Waals surface area (Å²) in [5, 5.41) is 44.5. The number of hydrogen-bond acceptors (Lipinski definition) is 10. The Bertz CT molecular complexity index is 1000. The Morgan fingerprint density at radius 1 is 0.297 bits per heavy atom. The van der Waals surface area contributed by atoms with E-state index in [1.54, 1.807) is 0 Å². The van der Waals surface area contributed by atoms with Crippen molar-refractivity contribution in [1.29, 1.82) is 0 Å². The molecule has 0 heterocycles. The van der Waals surface area contributed by atoms with E-state index >= 15 is 0 Å². The number of rotatable bonds is 61. The number of carbonyl (C=O) groups is 2. The Hall–Kier alpha value is -0.200.